The largest absolute Gasteiger partial charge is 0.383 e. The highest BCUT2D eigenvalue weighted by atomic mass is 16.5. The quantitative estimate of drug-likeness (QED) is 0.608. The number of carbonyl (C=O) groups is 1. The molecule has 5 rings (SSSR count). The number of pyridine rings is 1. The van der Waals surface area contributed by atoms with Crippen LogP contribution in [0.25, 0.3) is 17.2 Å². The number of anilines is 1. The number of amides is 1. The molecule has 0 spiro atoms. The molecule has 35 heavy (non-hydrogen) atoms. The minimum atomic E-state index is 0. The highest BCUT2D eigenvalue weighted by molar-refractivity contribution is 5.95. The first-order valence-corrected chi connectivity index (χ1v) is 12.4. The van der Waals surface area contributed by atoms with Crippen LogP contribution in [0.5, 0.6) is 0 Å². The summed E-state index contributed by atoms with van der Waals surface area (Å²) >= 11 is 0. The van der Waals surface area contributed by atoms with Crippen molar-refractivity contribution in [2.45, 2.75) is 32.7 Å². The summed E-state index contributed by atoms with van der Waals surface area (Å²) in [7, 11) is 1.71. The number of fused-ring (bicyclic) bond motifs is 1. The first-order chi connectivity index (χ1) is 16.7. The lowest BCUT2D eigenvalue weighted by molar-refractivity contribution is 0.00159. The highest BCUT2D eigenvalue weighted by Gasteiger charge is 2.28. The Bertz CT molecular complexity index is 1020. The van der Waals surface area contributed by atoms with Crippen molar-refractivity contribution < 1.29 is 14.3 Å². The van der Waals surface area contributed by atoms with Crippen molar-refractivity contribution in [3.8, 4) is 11.1 Å². The van der Waals surface area contributed by atoms with Crippen LogP contribution in [-0.4, -0.2) is 86.4 Å². The Morgan fingerprint density at radius 1 is 1.14 bits per heavy atom. The lowest BCUT2D eigenvalue weighted by Crippen LogP contribution is -2.50. The smallest absolute Gasteiger partial charge is 0.253 e. The molecule has 3 heterocycles. The van der Waals surface area contributed by atoms with Gasteiger partial charge in [-0.1, -0.05) is 31.7 Å². The van der Waals surface area contributed by atoms with E-state index in [1.807, 2.05) is 35.4 Å². The fourth-order valence-corrected chi connectivity index (χ4v) is 5.24. The van der Waals surface area contributed by atoms with Crippen LogP contribution in [0.4, 0.5) is 5.69 Å². The molecule has 2 aliphatic heterocycles. The second kappa shape index (κ2) is 11.8. The van der Waals surface area contributed by atoms with Crippen molar-refractivity contribution in [1.29, 1.82) is 0 Å². The van der Waals surface area contributed by atoms with Crippen LogP contribution >= 0.6 is 0 Å². The highest BCUT2D eigenvalue weighted by Crippen LogP contribution is 2.35. The van der Waals surface area contributed by atoms with Gasteiger partial charge in [0.1, 0.15) is 0 Å². The summed E-state index contributed by atoms with van der Waals surface area (Å²) in [6.45, 7) is 6.66. The number of nitrogens with zero attached hydrogens (tertiary/aromatic N) is 3. The lowest BCUT2D eigenvalue weighted by Gasteiger charge is -2.40. The van der Waals surface area contributed by atoms with E-state index in [-0.39, 0.29) is 13.3 Å². The number of methoxy groups -OCH3 is 1. The maximum Gasteiger partial charge on any atom is 0.253 e. The maximum absolute atomic E-state index is 13.2. The van der Waals surface area contributed by atoms with E-state index >= 15 is 0 Å². The van der Waals surface area contributed by atoms with Crippen molar-refractivity contribution in [3.63, 3.8) is 0 Å². The Labute approximate surface area is 209 Å². The van der Waals surface area contributed by atoms with Crippen LogP contribution < -0.4 is 5.32 Å². The first kappa shape index (κ1) is 25.4. The Morgan fingerprint density at radius 3 is 2.60 bits per heavy atom. The average molecular weight is 479 g/mol. The summed E-state index contributed by atoms with van der Waals surface area (Å²) in [5, 5.41) is 3.53. The number of aromatic nitrogens is 1. The number of ether oxygens (including phenoxy) is 2. The molecule has 2 saturated heterocycles. The number of piperidine rings is 1. The van der Waals surface area contributed by atoms with Gasteiger partial charge < -0.3 is 19.7 Å². The second-order valence-electron chi connectivity index (χ2n) is 9.18. The molecule has 1 amide bonds. The monoisotopic (exact) mass is 478 g/mol. The van der Waals surface area contributed by atoms with Gasteiger partial charge in [-0.15, -0.1) is 0 Å². The molecule has 7 heteroatoms. The van der Waals surface area contributed by atoms with E-state index in [1.165, 1.54) is 0 Å². The van der Waals surface area contributed by atoms with Crippen LogP contribution in [0.3, 0.4) is 0 Å². The van der Waals surface area contributed by atoms with E-state index in [2.05, 4.69) is 27.4 Å². The van der Waals surface area contributed by atoms with E-state index in [4.69, 9.17) is 9.47 Å². The van der Waals surface area contributed by atoms with Crippen molar-refractivity contribution >= 4 is 17.7 Å². The van der Waals surface area contributed by atoms with Gasteiger partial charge in [-0.2, -0.15) is 0 Å². The van der Waals surface area contributed by atoms with Gasteiger partial charge in [0, 0.05) is 75.2 Å². The van der Waals surface area contributed by atoms with Crippen LogP contribution in [0, 0.1) is 0 Å². The second-order valence-corrected chi connectivity index (χ2v) is 9.18. The van der Waals surface area contributed by atoms with Crippen molar-refractivity contribution in [3.05, 3.63) is 53.4 Å². The summed E-state index contributed by atoms with van der Waals surface area (Å²) < 4.78 is 10.7. The number of hydrogen-bond donors (Lipinski definition) is 1. The zero-order chi connectivity index (χ0) is 23.3. The summed E-state index contributed by atoms with van der Waals surface area (Å²) in [4.78, 5) is 22.4. The number of nitrogens with one attached hydrogen (secondary N) is 1. The van der Waals surface area contributed by atoms with Crippen LogP contribution in [-0.2, 0) is 15.9 Å². The minimum Gasteiger partial charge on any atom is -0.383 e. The number of rotatable bonds is 7. The number of hydrogen-bond acceptors (Lipinski definition) is 6. The number of carbonyl (C=O) groups excluding carboxylic acids is 1. The Hall–Kier alpha value is -2.74. The number of likely N-dealkylation sites (tertiary alicyclic amines) is 1. The van der Waals surface area contributed by atoms with Gasteiger partial charge in [-0.25, -0.2) is 0 Å². The van der Waals surface area contributed by atoms with Gasteiger partial charge in [0.25, 0.3) is 5.91 Å². The van der Waals surface area contributed by atoms with Gasteiger partial charge in [-0.3, -0.25) is 14.7 Å². The topological polar surface area (TPSA) is 66.9 Å². The lowest BCUT2D eigenvalue weighted by atomic mass is 9.99. The molecule has 1 aromatic carbocycles. The van der Waals surface area contributed by atoms with Gasteiger partial charge >= 0.3 is 0 Å². The minimum absolute atomic E-state index is 0. The van der Waals surface area contributed by atoms with E-state index < -0.39 is 0 Å². The predicted molar refractivity (Wildman–Crippen MR) is 141 cm³/mol. The Kier molecular flexibility index (Phi) is 8.55. The molecule has 0 saturated carbocycles. The zero-order valence-electron chi connectivity index (χ0n) is 20.0. The first-order valence-electron chi connectivity index (χ1n) is 12.4. The zero-order valence-corrected chi connectivity index (χ0v) is 20.0. The molecule has 0 unspecified atom stereocenters. The van der Waals surface area contributed by atoms with Crippen molar-refractivity contribution in [2.75, 3.05) is 65.0 Å². The standard InChI is InChI=1S/C27H34N4O3.CH4/c1-33-16-11-28-26-23-3-2-4-25(23)29-19-24(26)20-5-7-21(8-6-20)27(32)31-12-9-22(10-13-31)30-14-17-34-18-15-30;/h2-3,5-8,19,22H,4,9-18H2,1H3,(H,28,29);1H4. The molecular formula is C28H38N4O3. The molecule has 1 aromatic heterocycles. The molecule has 1 aliphatic carbocycles. The predicted octanol–water partition coefficient (Wildman–Crippen LogP) is 3.95. The van der Waals surface area contributed by atoms with Crippen LogP contribution in [0.2, 0.25) is 0 Å². The molecule has 3 aliphatic rings. The Morgan fingerprint density at radius 2 is 1.89 bits per heavy atom. The third-order valence-corrected chi connectivity index (χ3v) is 7.16. The fourth-order valence-electron chi connectivity index (χ4n) is 5.24. The van der Waals surface area contributed by atoms with Crippen molar-refractivity contribution in [1.82, 2.24) is 14.8 Å². The van der Waals surface area contributed by atoms with Crippen LogP contribution in [0.1, 0.15) is 41.9 Å². The third-order valence-electron chi connectivity index (χ3n) is 7.16. The number of allylic oxidation sites excluding steroid dienone is 1. The van der Waals surface area contributed by atoms with Crippen LogP contribution in [0.15, 0.2) is 36.5 Å². The molecular weight excluding hydrogens is 440 g/mol. The Balaban J connectivity index is 0.00000289. The van der Waals surface area contributed by atoms with Gasteiger partial charge in [0.15, 0.2) is 0 Å². The van der Waals surface area contributed by atoms with E-state index in [1.54, 1.807) is 7.11 Å². The maximum atomic E-state index is 13.2. The SMILES string of the molecule is C.COCCNc1c(-c2ccc(C(=O)N3CCC(N4CCOCC4)CC3)cc2)cnc2c1C=CC2. The molecule has 0 radical (unpaired) electrons. The van der Waals surface area contributed by atoms with E-state index in [9.17, 15) is 4.79 Å². The number of morpholine rings is 1. The van der Waals surface area contributed by atoms with E-state index in [0.717, 1.165) is 98.8 Å². The number of benzene rings is 1. The molecule has 0 atom stereocenters. The molecule has 188 valence electrons. The average Bonchev–Trinajstić information content (AvgIpc) is 3.39. The van der Waals surface area contributed by atoms with Gasteiger partial charge in [0.05, 0.1) is 31.2 Å². The summed E-state index contributed by atoms with van der Waals surface area (Å²) in [6, 6.07) is 8.55. The van der Waals surface area contributed by atoms with E-state index in [0.29, 0.717) is 12.6 Å². The molecule has 7 nitrogen and oxygen atoms in total. The molecule has 2 fully saturated rings. The van der Waals surface area contributed by atoms with Crippen molar-refractivity contribution in [2.24, 2.45) is 0 Å². The normalized spacial score (nSPS) is 18.3. The summed E-state index contributed by atoms with van der Waals surface area (Å²) in [6.07, 6.45) is 9.16. The molecule has 2 aromatic rings. The fraction of sp³-hybridized carbons (Fsp3) is 0.500. The summed E-state index contributed by atoms with van der Waals surface area (Å²) in [5.74, 6) is 0.125. The van der Waals surface area contributed by atoms with Gasteiger partial charge in [-0.05, 0) is 30.5 Å². The van der Waals surface area contributed by atoms with Gasteiger partial charge in [0.2, 0.25) is 0 Å². The molecule has 1 N–H and O–H groups in total. The molecule has 0 bridgehead atoms. The third kappa shape index (κ3) is 5.58. The summed E-state index contributed by atoms with van der Waals surface area (Å²) in [5.41, 5.74) is 6.18.